The van der Waals surface area contributed by atoms with Crippen LogP contribution in [0.2, 0.25) is 5.02 Å². The molecule has 2 amide bonds. The van der Waals surface area contributed by atoms with E-state index in [-0.39, 0.29) is 5.11 Å². The van der Waals surface area contributed by atoms with Crippen LogP contribution in [0.5, 0.6) is 5.75 Å². The Hall–Kier alpha value is -2.16. The molecule has 4 N–H and O–H groups in total. The van der Waals surface area contributed by atoms with Crippen molar-refractivity contribution < 1.29 is 14.3 Å². The van der Waals surface area contributed by atoms with Crippen molar-refractivity contribution in [2.45, 2.75) is 26.2 Å². The van der Waals surface area contributed by atoms with E-state index in [4.69, 9.17) is 34.3 Å². The number of ether oxygens (including phenoxy) is 1. The van der Waals surface area contributed by atoms with Gasteiger partial charge >= 0.3 is 0 Å². The molecular weight excluding hydrogens is 418 g/mol. The maximum atomic E-state index is 12.4. The smallest absolute Gasteiger partial charge is 0.257 e. The Morgan fingerprint density at radius 1 is 1.39 bits per heavy atom. The summed E-state index contributed by atoms with van der Waals surface area (Å²) in [5.74, 6) is 0.123. The number of fused-ring (bicyclic) bond motifs is 1. The standard InChI is InChI=1S/C19H20ClN3O3S2/c1-9-3-5-11-14(7-9)28-18(15(11)16(21)24)23-19(27)22-17(25)10-4-6-13(26-2)12(20)8-10/h4,6,8-9H,3,5,7H2,1-2H3,(H2,21,24)(H2,22,23,25,27)/t9-/m1/s1. The number of nitrogens with one attached hydrogen (secondary N) is 2. The minimum absolute atomic E-state index is 0.0890. The Kier molecular flexibility index (Phi) is 6.22. The zero-order valence-corrected chi connectivity index (χ0v) is 17.8. The summed E-state index contributed by atoms with van der Waals surface area (Å²) >= 11 is 12.8. The lowest BCUT2D eigenvalue weighted by Gasteiger charge is -2.18. The first-order valence-corrected chi connectivity index (χ1v) is 10.3. The van der Waals surface area contributed by atoms with Crippen LogP contribution in [0.15, 0.2) is 18.2 Å². The van der Waals surface area contributed by atoms with Crippen LogP contribution in [0.3, 0.4) is 0 Å². The average Bonchev–Trinajstić information content (AvgIpc) is 2.98. The van der Waals surface area contributed by atoms with Gasteiger partial charge < -0.3 is 15.8 Å². The fraction of sp³-hybridized carbons (Fsp3) is 0.316. The number of primary amides is 1. The number of benzene rings is 1. The third-order valence-electron chi connectivity index (χ3n) is 4.63. The van der Waals surface area contributed by atoms with Crippen molar-refractivity contribution in [3.8, 4) is 5.75 Å². The number of amides is 2. The molecule has 0 saturated carbocycles. The minimum Gasteiger partial charge on any atom is -0.495 e. The highest BCUT2D eigenvalue weighted by atomic mass is 35.5. The molecule has 0 unspecified atom stereocenters. The van der Waals surface area contributed by atoms with Crippen LogP contribution in [0.1, 0.15) is 44.5 Å². The molecule has 0 aliphatic heterocycles. The lowest BCUT2D eigenvalue weighted by molar-refractivity contribution is 0.0975. The van der Waals surface area contributed by atoms with Crippen molar-refractivity contribution in [1.29, 1.82) is 0 Å². The van der Waals surface area contributed by atoms with E-state index in [2.05, 4.69) is 17.6 Å². The third-order valence-corrected chi connectivity index (χ3v) is 6.30. The first-order valence-electron chi connectivity index (χ1n) is 8.70. The number of rotatable bonds is 4. The van der Waals surface area contributed by atoms with Crippen molar-refractivity contribution >= 4 is 57.1 Å². The van der Waals surface area contributed by atoms with Crippen molar-refractivity contribution in [2.75, 3.05) is 12.4 Å². The molecule has 9 heteroatoms. The van der Waals surface area contributed by atoms with Crippen LogP contribution >= 0.6 is 35.2 Å². The van der Waals surface area contributed by atoms with Crippen LogP contribution in [0.4, 0.5) is 5.00 Å². The van der Waals surface area contributed by atoms with Gasteiger partial charge in [-0.2, -0.15) is 0 Å². The fourth-order valence-electron chi connectivity index (χ4n) is 3.22. The molecule has 148 valence electrons. The molecule has 2 aromatic rings. The van der Waals surface area contributed by atoms with E-state index in [0.717, 1.165) is 29.7 Å². The Morgan fingerprint density at radius 2 is 2.14 bits per heavy atom. The summed E-state index contributed by atoms with van der Waals surface area (Å²) in [6.45, 7) is 2.19. The van der Waals surface area contributed by atoms with Crippen LogP contribution < -0.4 is 21.1 Å². The van der Waals surface area contributed by atoms with Gasteiger partial charge in [-0.05, 0) is 61.2 Å². The lowest BCUT2D eigenvalue weighted by Crippen LogP contribution is -2.34. The zero-order chi connectivity index (χ0) is 20.4. The Balaban J connectivity index is 1.75. The molecule has 1 aliphatic carbocycles. The number of thiophene rings is 1. The van der Waals surface area contributed by atoms with Gasteiger partial charge in [0.25, 0.3) is 11.8 Å². The van der Waals surface area contributed by atoms with Gasteiger partial charge in [-0.15, -0.1) is 11.3 Å². The van der Waals surface area contributed by atoms with E-state index in [1.54, 1.807) is 12.1 Å². The number of hydrogen-bond acceptors (Lipinski definition) is 5. The van der Waals surface area contributed by atoms with Crippen LogP contribution in [-0.2, 0) is 12.8 Å². The molecule has 0 bridgehead atoms. The zero-order valence-electron chi connectivity index (χ0n) is 15.4. The molecule has 1 aromatic carbocycles. The summed E-state index contributed by atoms with van der Waals surface area (Å²) in [5.41, 5.74) is 7.40. The highest BCUT2D eigenvalue weighted by molar-refractivity contribution is 7.80. The largest absolute Gasteiger partial charge is 0.495 e. The van der Waals surface area contributed by atoms with Crippen LogP contribution in [-0.4, -0.2) is 24.0 Å². The Morgan fingerprint density at radius 3 is 2.79 bits per heavy atom. The van der Waals surface area contributed by atoms with Crippen LogP contribution in [0.25, 0.3) is 0 Å². The second-order valence-corrected chi connectivity index (χ2v) is 8.60. The monoisotopic (exact) mass is 437 g/mol. The Bertz CT molecular complexity index is 958. The van der Waals surface area contributed by atoms with Gasteiger partial charge in [-0.25, -0.2) is 0 Å². The molecule has 1 aromatic heterocycles. The predicted octanol–water partition coefficient (Wildman–Crippen LogP) is 3.76. The van der Waals surface area contributed by atoms with Crippen molar-refractivity contribution in [3.63, 3.8) is 0 Å². The molecule has 6 nitrogen and oxygen atoms in total. The van der Waals surface area contributed by atoms with E-state index >= 15 is 0 Å². The van der Waals surface area contributed by atoms with Gasteiger partial charge in [0.15, 0.2) is 5.11 Å². The SMILES string of the molecule is COc1ccc(C(=O)NC(=S)Nc2sc3c(c2C(N)=O)CC[C@@H](C)C3)cc1Cl. The highest BCUT2D eigenvalue weighted by Gasteiger charge is 2.27. The summed E-state index contributed by atoms with van der Waals surface area (Å²) < 4.78 is 5.08. The molecule has 0 radical (unpaired) electrons. The molecule has 3 rings (SSSR count). The maximum Gasteiger partial charge on any atom is 0.257 e. The number of anilines is 1. The molecular formula is C19H20ClN3O3S2. The highest BCUT2D eigenvalue weighted by Crippen LogP contribution is 2.39. The fourth-order valence-corrected chi connectivity index (χ4v) is 5.15. The summed E-state index contributed by atoms with van der Waals surface area (Å²) in [7, 11) is 1.50. The summed E-state index contributed by atoms with van der Waals surface area (Å²) in [4.78, 5) is 25.6. The van der Waals surface area contributed by atoms with Crippen molar-refractivity contribution in [3.05, 3.63) is 44.8 Å². The molecule has 0 saturated heterocycles. The molecule has 1 atom stereocenters. The van der Waals surface area contributed by atoms with Gasteiger partial charge in [0.1, 0.15) is 10.8 Å². The quantitative estimate of drug-likeness (QED) is 0.633. The molecule has 0 fully saturated rings. The number of halogens is 1. The number of methoxy groups -OCH3 is 1. The van der Waals surface area contributed by atoms with Gasteiger partial charge in [0.2, 0.25) is 0 Å². The molecule has 28 heavy (non-hydrogen) atoms. The summed E-state index contributed by atoms with van der Waals surface area (Å²) in [6, 6.07) is 4.69. The third kappa shape index (κ3) is 4.29. The molecule has 1 heterocycles. The van der Waals surface area contributed by atoms with Gasteiger partial charge in [0, 0.05) is 10.4 Å². The lowest BCUT2D eigenvalue weighted by atomic mass is 9.88. The second kappa shape index (κ2) is 8.46. The summed E-state index contributed by atoms with van der Waals surface area (Å²) in [6.07, 6.45) is 2.74. The maximum absolute atomic E-state index is 12.4. The van der Waals surface area contributed by atoms with E-state index in [9.17, 15) is 9.59 Å². The van der Waals surface area contributed by atoms with Crippen molar-refractivity contribution in [2.24, 2.45) is 11.7 Å². The number of carbonyl (C=O) groups excluding carboxylic acids is 2. The first kappa shape index (κ1) is 20.6. The van der Waals surface area contributed by atoms with E-state index in [0.29, 0.717) is 32.8 Å². The van der Waals surface area contributed by atoms with E-state index < -0.39 is 11.8 Å². The van der Waals surface area contributed by atoms with E-state index in [1.165, 1.54) is 24.5 Å². The topological polar surface area (TPSA) is 93.4 Å². The van der Waals surface area contributed by atoms with E-state index in [1.807, 2.05) is 0 Å². The van der Waals surface area contributed by atoms with Crippen LogP contribution in [0, 0.1) is 5.92 Å². The first-order chi connectivity index (χ1) is 13.3. The minimum atomic E-state index is -0.495. The van der Waals surface area contributed by atoms with Gasteiger partial charge in [-0.3, -0.25) is 14.9 Å². The normalized spacial score (nSPS) is 15.5. The number of carbonyl (C=O) groups is 2. The second-order valence-electron chi connectivity index (χ2n) is 6.68. The number of thiocarbonyl (C=S) groups is 1. The van der Waals surface area contributed by atoms with Gasteiger partial charge in [0.05, 0.1) is 17.7 Å². The molecule has 0 spiro atoms. The van der Waals surface area contributed by atoms with Crippen molar-refractivity contribution in [1.82, 2.24) is 5.32 Å². The van der Waals surface area contributed by atoms with Gasteiger partial charge in [-0.1, -0.05) is 18.5 Å². The number of nitrogens with two attached hydrogens (primary N) is 1. The average molecular weight is 438 g/mol. The predicted molar refractivity (Wildman–Crippen MR) is 116 cm³/mol. The molecule has 1 aliphatic rings. The summed E-state index contributed by atoms with van der Waals surface area (Å²) in [5, 5.41) is 6.55. The Labute approximate surface area is 177 Å². The number of hydrogen-bond donors (Lipinski definition) is 3.